The molecule has 1 aliphatic rings. The van der Waals surface area contributed by atoms with Crippen LogP contribution < -0.4 is 10.4 Å². The Kier molecular flexibility index (Phi) is 4.36. The molecular weight excluding hydrogens is 300 g/mol. The van der Waals surface area contributed by atoms with Gasteiger partial charge in [-0.3, -0.25) is 4.79 Å². The molecule has 0 fully saturated rings. The number of amides is 1. The van der Waals surface area contributed by atoms with Crippen LogP contribution in [0.2, 0.25) is 0 Å². The van der Waals surface area contributed by atoms with Gasteiger partial charge in [-0.15, -0.1) is 0 Å². The van der Waals surface area contributed by atoms with E-state index in [1.165, 1.54) is 0 Å². The maximum atomic E-state index is 12.9. The second-order valence-electron chi connectivity index (χ2n) is 6.28. The number of carbonyl (C=O) groups is 1. The summed E-state index contributed by atoms with van der Waals surface area (Å²) in [5.41, 5.74) is 5.40. The largest absolute Gasteiger partial charge is 0.309 e. The molecule has 0 saturated heterocycles. The molecule has 0 bridgehead atoms. The predicted octanol–water partition coefficient (Wildman–Crippen LogP) is 3.27. The Morgan fingerprint density at radius 3 is 2.33 bits per heavy atom. The summed E-state index contributed by atoms with van der Waals surface area (Å²) in [7, 11) is 1.94. The van der Waals surface area contributed by atoms with Gasteiger partial charge in [0.15, 0.2) is 0 Å². The molecule has 0 saturated carbocycles. The lowest BCUT2D eigenvalue weighted by Gasteiger charge is -2.38. The highest BCUT2D eigenvalue weighted by molar-refractivity contribution is 5.97. The summed E-state index contributed by atoms with van der Waals surface area (Å²) in [6.07, 6.45) is 0.669. The topological polar surface area (TPSA) is 47.9 Å². The van der Waals surface area contributed by atoms with Gasteiger partial charge in [0.05, 0.1) is 5.69 Å². The van der Waals surface area contributed by atoms with E-state index in [-0.39, 0.29) is 5.91 Å². The normalized spacial score (nSPS) is 20.0. The molecule has 5 heteroatoms. The maximum Gasteiger partial charge on any atom is 0.275 e. The summed E-state index contributed by atoms with van der Waals surface area (Å²) >= 11 is 0. The highest BCUT2D eigenvalue weighted by Gasteiger charge is 2.42. The molecule has 5 nitrogen and oxygen atoms in total. The molecule has 3 rings (SSSR count). The molecule has 1 amide bonds. The Hall–Kier alpha value is -2.66. The minimum Gasteiger partial charge on any atom is -0.309 e. The number of benzene rings is 2. The van der Waals surface area contributed by atoms with E-state index in [9.17, 15) is 4.79 Å². The summed E-state index contributed by atoms with van der Waals surface area (Å²) in [5.74, 6) is -0.107. The van der Waals surface area contributed by atoms with Crippen LogP contribution in [0.25, 0.3) is 0 Å². The summed E-state index contributed by atoms with van der Waals surface area (Å²) in [6.45, 7) is 3.94. The van der Waals surface area contributed by atoms with Gasteiger partial charge >= 0.3 is 0 Å². The van der Waals surface area contributed by atoms with Crippen LogP contribution in [0.5, 0.6) is 0 Å². The Morgan fingerprint density at radius 1 is 1.12 bits per heavy atom. The van der Waals surface area contributed by atoms with Gasteiger partial charge in [-0.25, -0.2) is 10.4 Å². The Balaban J connectivity index is 1.84. The third-order valence-electron chi connectivity index (χ3n) is 4.10. The number of carbonyl (C=O) groups excluding carboxylic acids is 1. The maximum absolute atomic E-state index is 12.9. The highest BCUT2D eigenvalue weighted by atomic mass is 16.2. The zero-order valence-corrected chi connectivity index (χ0v) is 14.2. The van der Waals surface area contributed by atoms with Crippen molar-refractivity contribution in [3.05, 3.63) is 66.2 Å². The minimum atomic E-state index is -0.610. The molecule has 24 heavy (non-hydrogen) atoms. The molecule has 124 valence electrons. The molecular formula is C19H22N4O. The lowest BCUT2D eigenvalue weighted by atomic mass is 10.1. The number of hydrazine groups is 1. The van der Waals surface area contributed by atoms with E-state index in [1.54, 1.807) is 5.01 Å². The molecule has 1 aliphatic heterocycles. The van der Waals surface area contributed by atoms with Crippen molar-refractivity contribution in [1.82, 2.24) is 10.4 Å². The van der Waals surface area contributed by atoms with Gasteiger partial charge in [0.1, 0.15) is 5.66 Å². The van der Waals surface area contributed by atoms with Crippen LogP contribution in [0, 0.1) is 0 Å². The first kappa shape index (κ1) is 16.2. The monoisotopic (exact) mass is 322 g/mol. The second-order valence-corrected chi connectivity index (χ2v) is 6.28. The first-order valence-corrected chi connectivity index (χ1v) is 8.00. The third-order valence-corrected chi connectivity index (χ3v) is 4.10. The first-order valence-electron chi connectivity index (χ1n) is 8.00. The number of hydrogen-bond donors (Lipinski definition) is 1. The summed E-state index contributed by atoms with van der Waals surface area (Å²) < 4.78 is 0. The average Bonchev–Trinajstić information content (AvgIpc) is 2.90. The number of para-hydroxylation sites is 1. The molecule has 1 atom stereocenters. The predicted molar refractivity (Wildman–Crippen MR) is 96.7 cm³/mol. The summed E-state index contributed by atoms with van der Waals surface area (Å²) in [5, 5.41) is 7.96. The first-order chi connectivity index (χ1) is 11.5. The van der Waals surface area contributed by atoms with E-state index in [4.69, 9.17) is 0 Å². The van der Waals surface area contributed by atoms with Crippen LogP contribution in [0.4, 0.5) is 5.69 Å². The molecule has 0 radical (unpaired) electrons. The van der Waals surface area contributed by atoms with Crippen LogP contribution >= 0.6 is 0 Å². The van der Waals surface area contributed by atoms with E-state index in [2.05, 4.69) is 10.5 Å². The molecule has 1 N–H and O–H groups in total. The Labute approximate surface area is 142 Å². The van der Waals surface area contributed by atoms with Crippen molar-refractivity contribution >= 4 is 17.3 Å². The fourth-order valence-corrected chi connectivity index (χ4v) is 3.03. The number of nitrogens with one attached hydrogen (secondary N) is 1. The number of rotatable bonds is 4. The number of hydrogen-bond acceptors (Lipinski definition) is 4. The quantitative estimate of drug-likeness (QED) is 0.879. The van der Waals surface area contributed by atoms with Crippen LogP contribution in [-0.4, -0.2) is 29.3 Å². The number of hydrazone groups is 1. The number of anilines is 1. The van der Waals surface area contributed by atoms with Gasteiger partial charge in [0.25, 0.3) is 5.91 Å². The minimum absolute atomic E-state index is 0.107. The van der Waals surface area contributed by atoms with E-state index in [1.807, 2.05) is 86.6 Å². The van der Waals surface area contributed by atoms with Gasteiger partial charge < -0.3 is 5.01 Å². The van der Waals surface area contributed by atoms with Crippen molar-refractivity contribution in [2.75, 3.05) is 12.1 Å². The van der Waals surface area contributed by atoms with Gasteiger partial charge in [0, 0.05) is 24.7 Å². The second kappa shape index (κ2) is 6.45. The van der Waals surface area contributed by atoms with Crippen molar-refractivity contribution in [3.8, 4) is 0 Å². The fraction of sp³-hybridized carbons (Fsp3) is 0.263. The Morgan fingerprint density at radius 2 is 1.71 bits per heavy atom. The van der Waals surface area contributed by atoms with Crippen molar-refractivity contribution in [3.63, 3.8) is 0 Å². The van der Waals surface area contributed by atoms with Crippen LogP contribution in [0.1, 0.15) is 30.6 Å². The standard InChI is InChI=1S/C19H22N4O/c1-15-14-19(2,21-22(3)17-12-8-5-9-13-17)23(20-15)18(24)16-10-6-4-7-11-16/h4-13,21H,14H2,1-3H3. The van der Waals surface area contributed by atoms with Crippen LogP contribution in [-0.2, 0) is 0 Å². The molecule has 0 aromatic heterocycles. The van der Waals surface area contributed by atoms with Crippen molar-refractivity contribution in [2.24, 2.45) is 5.10 Å². The molecule has 0 aliphatic carbocycles. The van der Waals surface area contributed by atoms with E-state index < -0.39 is 5.66 Å². The zero-order chi connectivity index (χ0) is 17.2. The molecule has 2 aromatic carbocycles. The van der Waals surface area contributed by atoms with Crippen molar-refractivity contribution < 1.29 is 4.79 Å². The van der Waals surface area contributed by atoms with Crippen molar-refractivity contribution in [1.29, 1.82) is 0 Å². The molecule has 1 heterocycles. The summed E-state index contributed by atoms with van der Waals surface area (Å²) in [6, 6.07) is 19.2. The zero-order valence-electron chi connectivity index (χ0n) is 14.2. The van der Waals surface area contributed by atoms with E-state index >= 15 is 0 Å². The van der Waals surface area contributed by atoms with E-state index in [0.29, 0.717) is 12.0 Å². The molecule has 1 unspecified atom stereocenters. The van der Waals surface area contributed by atoms with E-state index in [0.717, 1.165) is 11.4 Å². The van der Waals surface area contributed by atoms with Crippen LogP contribution in [0.15, 0.2) is 65.8 Å². The average molecular weight is 322 g/mol. The molecule has 2 aromatic rings. The van der Waals surface area contributed by atoms with Gasteiger partial charge in [-0.1, -0.05) is 36.4 Å². The van der Waals surface area contributed by atoms with Crippen LogP contribution in [0.3, 0.4) is 0 Å². The lowest BCUT2D eigenvalue weighted by Crippen LogP contribution is -2.59. The number of nitrogens with zero attached hydrogens (tertiary/aromatic N) is 3. The third kappa shape index (κ3) is 3.16. The lowest BCUT2D eigenvalue weighted by molar-refractivity contribution is 0.0498. The fourth-order valence-electron chi connectivity index (χ4n) is 3.03. The SMILES string of the molecule is CC1=NN(C(=O)c2ccccc2)C(C)(NN(C)c2ccccc2)C1. The highest BCUT2D eigenvalue weighted by Crippen LogP contribution is 2.28. The van der Waals surface area contributed by atoms with Gasteiger partial charge in [-0.2, -0.15) is 5.10 Å². The van der Waals surface area contributed by atoms with Gasteiger partial charge in [-0.05, 0) is 38.1 Å². The molecule has 0 spiro atoms. The van der Waals surface area contributed by atoms with Gasteiger partial charge in [0.2, 0.25) is 0 Å². The summed E-state index contributed by atoms with van der Waals surface area (Å²) in [4.78, 5) is 12.9. The smallest absolute Gasteiger partial charge is 0.275 e. The van der Waals surface area contributed by atoms with Crippen molar-refractivity contribution in [2.45, 2.75) is 25.9 Å². The Bertz CT molecular complexity index is 744.